The van der Waals surface area contributed by atoms with Gasteiger partial charge in [-0.15, -0.1) is 0 Å². The second kappa shape index (κ2) is 4.34. The van der Waals surface area contributed by atoms with Crippen molar-refractivity contribution in [3.8, 4) is 0 Å². The Kier molecular flexibility index (Phi) is 3.22. The van der Waals surface area contributed by atoms with Crippen LogP contribution in [0.1, 0.15) is 26.7 Å². The number of amides is 1. The van der Waals surface area contributed by atoms with E-state index < -0.39 is 0 Å². The first-order valence-electron chi connectivity index (χ1n) is 6.16. The number of hydrogen-bond donors (Lipinski definition) is 2. The van der Waals surface area contributed by atoms with Crippen molar-refractivity contribution in [2.45, 2.75) is 32.7 Å². The van der Waals surface area contributed by atoms with E-state index in [1.807, 2.05) is 0 Å². The van der Waals surface area contributed by atoms with Gasteiger partial charge in [-0.25, -0.2) is 0 Å². The smallest absolute Gasteiger partial charge is 0.227 e. The van der Waals surface area contributed by atoms with Crippen molar-refractivity contribution < 1.29 is 9.53 Å². The summed E-state index contributed by atoms with van der Waals surface area (Å²) >= 11 is 0. The largest absolute Gasteiger partial charge is 0.379 e. The minimum absolute atomic E-state index is 0.0666. The Balaban J connectivity index is 1.80. The zero-order valence-electron chi connectivity index (χ0n) is 10.2. The van der Waals surface area contributed by atoms with Gasteiger partial charge in [0.05, 0.1) is 19.1 Å². The number of ether oxygens (including phenoxy) is 1. The van der Waals surface area contributed by atoms with Crippen LogP contribution < -0.4 is 11.1 Å². The lowest BCUT2D eigenvalue weighted by Crippen LogP contribution is -2.43. The summed E-state index contributed by atoms with van der Waals surface area (Å²) in [5, 5.41) is 3.04. The molecule has 2 fully saturated rings. The maximum atomic E-state index is 11.9. The average Bonchev–Trinajstić information content (AvgIpc) is 2.92. The van der Waals surface area contributed by atoms with Crippen molar-refractivity contribution in [3.63, 3.8) is 0 Å². The van der Waals surface area contributed by atoms with E-state index in [0.717, 1.165) is 6.54 Å². The van der Waals surface area contributed by atoms with E-state index in [1.54, 1.807) is 0 Å². The Labute approximate surface area is 96.9 Å². The number of hydrogen-bond acceptors (Lipinski definition) is 3. The molecule has 1 aliphatic carbocycles. The van der Waals surface area contributed by atoms with E-state index in [4.69, 9.17) is 10.5 Å². The molecule has 2 rings (SSSR count). The summed E-state index contributed by atoms with van der Waals surface area (Å²) in [5.41, 5.74) is 6.17. The summed E-state index contributed by atoms with van der Waals surface area (Å²) < 4.78 is 5.20. The van der Waals surface area contributed by atoms with Gasteiger partial charge < -0.3 is 15.8 Å². The zero-order valence-corrected chi connectivity index (χ0v) is 10.2. The number of carbonyl (C=O) groups excluding carboxylic acids is 1. The van der Waals surface area contributed by atoms with Gasteiger partial charge >= 0.3 is 0 Å². The van der Waals surface area contributed by atoms with Crippen LogP contribution in [0.15, 0.2) is 0 Å². The highest BCUT2D eigenvalue weighted by molar-refractivity contribution is 5.79. The van der Waals surface area contributed by atoms with Crippen LogP contribution in [-0.4, -0.2) is 31.7 Å². The summed E-state index contributed by atoms with van der Waals surface area (Å²) in [4.78, 5) is 11.9. The molecule has 0 aromatic carbocycles. The maximum Gasteiger partial charge on any atom is 0.227 e. The van der Waals surface area contributed by atoms with Gasteiger partial charge in [0, 0.05) is 12.6 Å². The van der Waals surface area contributed by atoms with Gasteiger partial charge in [-0.1, -0.05) is 13.8 Å². The first-order valence-corrected chi connectivity index (χ1v) is 6.16. The van der Waals surface area contributed by atoms with E-state index in [1.165, 1.54) is 12.8 Å². The molecule has 1 saturated heterocycles. The first-order chi connectivity index (χ1) is 7.55. The van der Waals surface area contributed by atoms with Gasteiger partial charge in [0.25, 0.3) is 0 Å². The molecular formula is C12H22N2O2. The fraction of sp³-hybridized carbons (Fsp3) is 0.917. The van der Waals surface area contributed by atoms with Crippen LogP contribution in [0, 0.1) is 17.3 Å². The highest BCUT2D eigenvalue weighted by Crippen LogP contribution is 2.51. The summed E-state index contributed by atoms with van der Waals surface area (Å²) in [7, 11) is 0. The molecule has 2 atom stereocenters. The number of carbonyl (C=O) groups is 1. The van der Waals surface area contributed by atoms with Crippen molar-refractivity contribution in [1.82, 2.24) is 5.32 Å². The van der Waals surface area contributed by atoms with Crippen molar-refractivity contribution >= 4 is 5.91 Å². The summed E-state index contributed by atoms with van der Waals surface area (Å²) in [6, 6.07) is -0.130. The van der Waals surface area contributed by atoms with Crippen LogP contribution >= 0.6 is 0 Å². The van der Waals surface area contributed by atoms with E-state index in [-0.39, 0.29) is 17.9 Å². The van der Waals surface area contributed by atoms with Crippen LogP contribution in [0.25, 0.3) is 0 Å². The second-order valence-electron chi connectivity index (χ2n) is 5.54. The molecule has 2 unspecified atom stereocenters. The second-order valence-corrected chi connectivity index (χ2v) is 5.54. The lowest BCUT2D eigenvalue weighted by molar-refractivity contribution is -0.125. The molecule has 2 aliphatic rings. The third kappa shape index (κ3) is 2.23. The molecule has 0 aromatic heterocycles. The predicted molar refractivity (Wildman–Crippen MR) is 61.8 cm³/mol. The van der Waals surface area contributed by atoms with Gasteiger partial charge in [-0.05, 0) is 24.2 Å². The highest BCUT2D eigenvalue weighted by Gasteiger charge is 2.45. The van der Waals surface area contributed by atoms with E-state index >= 15 is 0 Å². The van der Waals surface area contributed by atoms with E-state index in [9.17, 15) is 4.79 Å². The lowest BCUT2D eigenvalue weighted by Gasteiger charge is -2.21. The first kappa shape index (κ1) is 11.9. The molecule has 4 nitrogen and oxygen atoms in total. The number of nitrogens with two attached hydrogens (primary N) is 1. The average molecular weight is 226 g/mol. The Morgan fingerprint density at radius 1 is 1.50 bits per heavy atom. The van der Waals surface area contributed by atoms with Crippen LogP contribution in [0.3, 0.4) is 0 Å². The summed E-state index contributed by atoms with van der Waals surface area (Å²) in [6.45, 7) is 6.23. The van der Waals surface area contributed by atoms with Gasteiger partial charge in [0.2, 0.25) is 5.91 Å². The SMILES string of the molecule is CC(C)C1(CNC(=O)C2COCC2N)CC1. The number of rotatable bonds is 4. The van der Waals surface area contributed by atoms with Crippen LogP contribution in [0.2, 0.25) is 0 Å². The maximum absolute atomic E-state index is 11.9. The van der Waals surface area contributed by atoms with Crippen LogP contribution in [-0.2, 0) is 9.53 Å². The molecular weight excluding hydrogens is 204 g/mol. The Bertz CT molecular complexity index is 274. The van der Waals surface area contributed by atoms with E-state index in [2.05, 4.69) is 19.2 Å². The van der Waals surface area contributed by atoms with Crippen molar-refractivity contribution in [2.24, 2.45) is 23.0 Å². The fourth-order valence-electron chi connectivity index (χ4n) is 2.35. The molecule has 16 heavy (non-hydrogen) atoms. The molecule has 0 spiro atoms. The molecule has 4 heteroatoms. The molecule has 0 bridgehead atoms. The van der Waals surface area contributed by atoms with Gasteiger partial charge in [0.15, 0.2) is 0 Å². The monoisotopic (exact) mass is 226 g/mol. The fourth-order valence-corrected chi connectivity index (χ4v) is 2.35. The van der Waals surface area contributed by atoms with Gasteiger partial charge in [-0.2, -0.15) is 0 Å². The zero-order chi connectivity index (χ0) is 11.8. The topological polar surface area (TPSA) is 64.3 Å². The molecule has 0 aromatic rings. The summed E-state index contributed by atoms with van der Waals surface area (Å²) in [5.74, 6) is 0.557. The predicted octanol–water partition coefficient (Wildman–Crippen LogP) is 0.513. The van der Waals surface area contributed by atoms with E-state index in [0.29, 0.717) is 24.5 Å². The molecule has 1 saturated carbocycles. The molecule has 1 heterocycles. The number of nitrogens with one attached hydrogen (secondary N) is 1. The normalized spacial score (nSPS) is 31.8. The van der Waals surface area contributed by atoms with Crippen molar-refractivity contribution in [2.75, 3.05) is 19.8 Å². The molecule has 0 radical (unpaired) electrons. The minimum Gasteiger partial charge on any atom is -0.379 e. The minimum atomic E-state index is -0.150. The standard InChI is InChI=1S/C12H22N2O2/c1-8(2)12(3-4-12)7-14-11(15)9-5-16-6-10(9)13/h8-10H,3-7,13H2,1-2H3,(H,14,15). The van der Waals surface area contributed by atoms with Gasteiger partial charge in [0.1, 0.15) is 0 Å². The van der Waals surface area contributed by atoms with Gasteiger partial charge in [-0.3, -0.25) is 4.79 Å². The third-order valence-electron chi connectivity index (χ3n) is 4.19. The lowest BCUT2D eigenvalue weighted by atomic mass is 9.92. The van der Waals surface area contributed by atoms with Crippen molar-refractivity contribution in [1.29, 1.82) is 0 Å². The quantitative estimate of drug-likeness (QED) is 0.734. The highest BCUT2D eigenvalue weighted by atomic mass is 16.5. The molecule has 1 aliphatic heterocycles. The van der Waals surface area contributed by atoms with Crippen molar-refractivity contribution in [3.05, 3.63) is 0 Å². The Morgan fingerprint density at radius 3 is 2.62 bits per heavy atom. The summed E-state index contributed by atoms with van der Waals surface area (Å²) in [6.07, 6.45) is 2.47. The molecule has 92 valence electrons. The third-order valence-corrected chi connectivity index (χ3v) is 4.19. The van der Waals surface area contributed by atoms with Crippen LogP contribution in [0.4, 0.5) is 0 Å². The molecule has 1 amide bonds. The molecule has 3 N–H and O–H groups in total. The Hall–Kier alpha value is -0.610. The van der Waals surface area contributed by atoms with Crippen LogP contribution in [0.5, 0.6) is 0 Å². The Morgan fingerprint density at radius 2 is 2.19 bits per heavy atom.